The highest BCUT2D eigenvalue weighted by atomic mass is 32.1. The molecule has 0 aliphatic heterocycles. The van der Waals surface area contributed by atoms with Gasteiger partial charge in [-0.3, -0.25) is 9.59 Å². The molecular formula is C19H20F2N4O2S. The average Bonchev–Trinajstić information content (AvgIpc) is 3.10. The molecule has 6 nitrogen and oxygen atoms in total. The van der Waals surface area contributed by atoms with E-state index in [0.29, 0.717) is 15.6 Å². The number of benzene rings is 1. The van der Waals surface area contributed by atoms with E-state index in [4.69, 9.17) is 11.5 Å². The van der Waals surface area contributed by atoms with E-state index in [-0.39, 0.29) is 5.56 Å². The summed E-state index contributed by atoms with van der Waals surface area (Å²) in [7, 11) is 0. The summed E-state index contributed by atoms with van der Waals surface area (Å²) in [6.45, 7) is 7.14. The van der Waals surface area contributed by atoms with Gasteiger partial charge in [0.15, 0.2) is 5.13 Å². The molecule has 0 bridgehead atoms. The zero-order chi connectivity index (χ0) is 21.3. The molecule has 1 heterocycles. The molecule has 0 fully saturated rings. The number of nitrogen functional groups attached to an aromatic ring is 1. The second kappa shape index (κ2) is 10.8. The summed E-state index contributed by atoms with van der Waals surface area (Å²) in [5.41, 5.74) is 11.5. The van der Waals surface area contributed by atoms with Gasteiger partial charge in [-0.15, -0.1) is 13.2 Å². The van der Waals surface area contributed by atoms with Gasteiger partial charge in [-0.1, -0.05) is 24.2 Å². The van der Waals surface area contributed by atoms with Crippen LogP contribution in [0.25, 0.3) is 0 Å². The van der Waals surface area contributed by atoms with Crippen LogP contribution in [-0.4, -0.2) is 29.3 Å². The minimum Gasteiger partial charge on any atom is -0.375 e. The summed E-state index contributed by atoms with van der Waals surface area (Å²) in [6.07, 6.45) is -1.23. The smallest absolute Gasteiger partial charge is 0.251 e. The molecule has 0 aliphatic rings. The molecule has 1 aromatic heterocycles. The summed E-state index contributed by atoms with van der Waals surface area (Å²) in [6, 6.07) is 4.69. The van der Waals surface area contributed by atoms with Crippen LogP contribution in [0.4, 0.5) is 13.9 Å². The molecule has 2 aromatic rings. The lowest BCUT2D eigenvalue weighted by Crippen LogP contribution is -2.50. The van der Waals surface area contributed by atoms with Gasteiger partial charge in [0.25, 0.3) is 5.91 Å². The van der Waals surface area contributed by atoms with E-state index in [2.05, 4.69) is 35.3 Å². The van der Waals surface area contributed by atoms with Crippen molar-refractivity contribution in [2.24, 2.45) is 11.7 Å². The van der Waals surface area contributed by atoms with Crippen molar-refractivity contribution in [1.29, 1.82) is 0 Å². The first-order valence-corrected chi connectivity index (χ1v) is 8.81. The molecule has 28 heavy (non-hydrogen) atoms. The molecule has 2 unspecified atom stereocenters. The highest BCUT2D eigenvalue weighted by Crippen LogP contribution is 2.15. The van der Waals surface area contributed by atoms with Crippen molar-refractivity contribution in [3.8, 4) is 11.8 Å². The van der Waals surface area contributed by atoms with Gasteiger partial charge in [0, 0.05) is 17.0 Å². The number of aromatic nitrogens is 1. The number of nitrogens with zero attached hydrogens (tertiary/aromatic N) is 1. The first-order valence-electron chi connectivity index (χ1n) is 7.99. The monoisotopic (exact) mass is 406 g/mol. The normalized spacial score (nSPS) is 12.0. The molecule has 2 atom stereocenters. The van der Waals surface area contributed by atoms with Gasteiger partial charge in [0.1, 0.15) is 6.04 Å². The molecule has 0 radical (unpaired) electrons. The molecule has 0 aliphatic carbocycles. The Hall–Kier alpha value is -3.25. The highest BCUT2D eigenvalue weighted by Gasteiger charge is 2.31. The van der Waals surface area contributed by atoms with Gasteiger partial charge < -0.3 is 16.8 Å². The standard InChI is InChI=1S/C17H16F2N4O2S.C2H4/c1-9(14(18)19)13(15(20)24)23-16(25)11-5-2-10(3-6-11)4-7-12-8-22-17(21)26-12;1-2/h2-3,5-6,8-9,13-14H,1H3,(H2,20,24)(H2,21,22)(H,23,25);1-2H2. The SMILES string of the molecule is C=C.CC(C(F)F)C(NC(=O)c1ccc(C#Cc2cnc(N)s2)cc1)C(N)=O. The number of nitrogens with one attached hydrogen (secondary N) is 1. The predicted octanol–water partition coefficient (Wildman–Crippen LogP) is 2.41. The van der Waals surface area contributed by atoms with Crippen molar-refractivity contribution in [2.75, 3.05) is 5.73 Å². The number of nitrogens with two attached hydrogens (primary N) is 2. The maximum atomic E-state index is 12.8. The maximum Gasteiger partial charge on any atom is 0.251 e. The number of hydrogen-bond acceptors (Lipinski definition) is 5. The Bertz CT molecular complexity index is 872. The zero-order valence-electron chi connectivity index (χ0n) is 15.1. The molecule has 0 spiro atoms. The third-order valence-electron chi connectivity index (χ3n) is 3.52. The van der Waals surface area contributed by atoms with Gasteiger partial charge in [-0.2, -0.15) is 0 Å². The number of thiazole rings is 1. The van der Waals surface area contributed by atoms with E-state index < -0.39 is 30.2 Å². The minimum absolute atomic E-state index is 0.199. The second-order valence-corrected chi connectivity index (χ2v) is 6.50. The van der Waals surface area contributed by atoms with Crippen LogP contribution in [0.2, 0.25) is 0 Å². The van der Waals surface area contributed by atoms with E-state index in [1.54, 1.807) is 18.3 Å². The van der Waals surface area contributed by atoms with Crippen LogP contribution >= 0.6 is 11.3 Å². The molecule has 2 rings (SSSR count). The number of halogens is 2. The van der Waals surface area contributed by atoms with Crippen molar-refractivity contribution in [1.82, 2.24) is 10.3 Å². The number of primary amides is 1. The first kappa shape index (κ1) is 22.8. The van der Waals surface area contributed by atoms with Crippen LogP contribution in [0.1, 0.15) is 27.7 Å². The van der Waals surface area contributed by atoms with E-state index in [1.165, 1.54) is 23.5 Å². The summed E-state index contributed by atoms with van der Waals surface area (Å²) >= 11 is 1.25. The summed E-state index contributed by atoms with van der Waals surface area (Å²) < 4.78 is 25.6. The Kier molecular flexibility index (Phi) is 8.78. The lowest BCUT2D eigenvalue weighted by Gasteiger charge is -2.21. The summed E-state index contributed by atoms with van der Waals surface area (Å²) in [5, 5.41) is 2.66. The lowest BCUT2D eigenvalue weighted by molar-refractivity contribution is -0.122. The van der Waals surface area contributed by atoms with Gasteiger partial charge in [0.2, 0.25) is 12.3 Å². The van der Waals surface area contributed by atoms with Crippen molar-refractivity contribution in [2.45, 2.75) is 19.4 Å². The number of amides is 2. The summed E-state index contributed by atoms with van der Waals surface area (Å²) in [5.74, 6) is 2.70. The number of alkyl halides is 2. The topological polar surface area (TPSA) is 111 Å². The van der Waals surface area contributed by atoms with E-state index in [1.807, 2.05) is 0 Å². The van der Waals surface area contributed by atoms with Crippen LogP contribution < -0.4 is 16.8 Å². The number of carbonyl (C=O) groups is 2. The molecule has 9 heteroatoms. The molecule has 0 saturated carbocycles. The Balaban J connectivity index is 0.00000190. The van der Waals surface area contributed by atoms with E-state index in [9.17, 15) is 18.4 Å². The molecule has 1 aromatic carbocycles. The molecule has 5 N–H and O–H groups in total. The van der Waals surface area contributed by atoms with Gasteiger partial charge in [0.05, 0.1) is 11.1 Å². The second-order valence-electron chi connectivity index (χ2n) is 5.44. The third kappa shape index (κ3) is 6.48. The third-order valence-corrected chi connectivity index (χ3v) is 4.26. The quantitative estimate of drug-likeness (QED) is 0.523. The van der Waals surface area contributed by atoms with Crippen molar-refractivity contribution in [3.63, 3.8) is 0 Å². The van der Waals surface area contributed by atoms with E-state index in [0.717, 1.165) is 6.92 Å². The fourth-order valence-electron chi connectivity index (χ4n) is 2.02. The van der Waals surface area contributed by atoms with Gasteiger partial charge in [-0.25, -0.2) is 13.8 Å². The van der Waals surface area contributed by atoms with Crippen LogP contribution in [0.3, 0.4) is 0 Å². The van der Waals surface area contributed by atoms with Crippen LogP contribution in [-0.2, 0) is 4.79 Å². The predicted molar refractivity (Wildman–Crippen MR) is 106 cm³/mol. The fraction of sp³-hybridized carbons (Fsp3) is 0.211. The van der Waals surface area contributed by atoms with Crippen LogP contribution in [0.5, 0.6) is 0 Å². The Labute approximate surface area is 165 Å². The Morgan fingerprint density at radius 3 is 2.29 bits per heavy atom. The van der Waals surface area contributed by atoms with Crippen molar-refractivity contribution in [3.05, 3.63) is 59.6 Å². The zero-order valence-corrected chi connectivity index (χ0v) is 15.9. The number of hydrogen-bond donors (Lipinski definition) is 3. The van der Waals surface area contributed by atoms with Crippen LogP contribution in [0, 0.1) is 17.8 Å². The summed E-state index contributed by atoms with van der Waals surface area (Å²) in [4.78, 5) is 28.1. The Morgan fingerprint density at radius 1 is 1.21 bits per heavy atom. The molecule has 0 saturated heterocycles. The van der Waals surface area contributed by atoms with Crippen molar-refractivity contribution < 1.29 is 18.4 Å². The number of anilines is 1. The van der Waals surface area contributed by atoms with E-state index >= 15 is 0 Å². The highest BCUT2D eigenvalue weighted by molar-refractivity contribution is 7.15. The average molecular weight is 406 g/mol. The van der Waals surface area contributed by atoms with Gasteiger partial charge >= 0.3 is 0 Å². The largest absolute Gasteiger partial charge is 0.375 e. The first-order chi connectivity index (χ1) is 13.3. The molecule has 148 valence electrons. The minimum atomic E-state index is -2.79. The maximum absolute atomic E-state index is 12.8. The fourth-order valence-corrected chi connectivity index (χ4v) is 2.55. The number of carbonyl (C=O) groups excluding carboxylic acids is 2. The lowest BCUT2D eigenvalue weighted by atomic mass is 10.0. The molecular weight excluding hydrogens is 386 g/mol. The Morgan fingerprint density at radius 2 is 1.82 bits per heavy atom. The number of rotatable bonds is 5. The van der Waals surface area contributed by atoms with Gasteiger partial charge in [-0.05, 0) is 30.2 Å². The van der Waals surface area contributed by atoms with Crippen molar-refractivity contribution >= 4 is 28.3 Å². The van der Waals surface area contributed by atoms with Crippen LogP contribution in [0.15, 0.2) is 43.6 Å². The molecule has 2 amide bonds.